The summed E-state index contributed by atoms with van der Waals surface area (Å²) in [6.07, 6.45) is 1.18. The molecule has 0 heterocycles. The summed E-state index contributed by atoms with van der Waals surface area (Å²) in [4.78, 5) is 0. The van der Waals surface area contributed by atoms with E-state index in [9.17, 15) is 0 Å². The number of hydrogen-bond donors (Lipinski definition) is 0. The Morgan fingerprint density at radius 2 is 1.08 bits per heavy atom. The Bertz CT molecular complexity index is 749. The molecule has 0 heteroatoms. The van der Waals surface area contributed by atoms with Crippen molar-refractivity contribution < 1.29 is 0 Å². The van der Waals surface area contributed by atoms with Gasteiger partial charge in [-0.15, -0.1) is 0 Å². The van der Waals surface area contributed by atoms with Crippen LogP contribution in [0.15, 0.2) is 24.3 Å². The van der Waals surface area contributed by atoms with E-state index in [1.54, 1.807) is 11.1 Å². The van der Waals surface area contributed by atoms with Gasteiger partial charge in [-0.2, -0.15) is 0 Å². The monoisotopic (exact) mass is 336 g/mol. The summed E-state index contributed by atoms with van der Waals surface area (Å²) >= 11 is 0. The molecule has 2 unspecified atom stereocenters. The van der Waals surface area contributed by atoms with Crippen LogP contribution in [0, 0.1) is 47.5 Å². The molecule has 0 saturated heterocycles. The van der Waals surface area contributed by atoms with E-state index in [0.717, 1.165) is 0 Å². The van der Waals surface area contributed by atoms with Crippen molar-refractivity contribution in [2.75, 3.05) is 0 Å². The summed E-state index contributed by atoms with van der Waals surface area (Å²) in [5.41, 5.74) is 11.8. The minimum absolute atomic E-state index is 0.560. The van der Waals surface area contributed by atoms with Gasteiger partial charge in [-0.05, 0) is 110 Å². The zero-order chi connectivity index (χ0) is 18.9. The highest BCUT2D eigenvalue weighted by Gasteiger charge is 2.29. The molecule has 0 aliphatic heterocycles. The molecule has 0 aliphatic rings. The Balaban J connectivity index is 2.63. The first-order chi connectivity index (χ1) is 11.7. The van der Waals surface area contributed by atoms with Gasteiger partial charge in [-0.25, -0.2) is 0 Å². The molecule has 0 amide bonds. The second kappa shape index (κ2) is 7.77. The molecular formula is C25H36. The maximum Gasteiger partial charge on any atom is -0.00673 e. The van der Waals surface area contributed by atoms with Crippen LogP contribution in [0.5, 0.6) is 0 Å². The van der Waals surface area contributed by atoms with Crippen molar-refractivity contribution in [2.45, 2.75) is 80.6 Å². The van der Waals surface area contributed by atoms with Gasteiger partial charge < -0.3 is 0 Å². The molecule has 0 aromatic heterocycles. The zero-order valence-corrected chi connectivity index (χ0v) is 17.7. The van der Waals surface area contributed by atoms with Crippen molar-refractivity contribution in [3.63, 3.8) is 0 Å². The summed E-state index contributed by atoms with van der Waals surface area (Å²) in [6, 6.07) is 9.40. The molecule has 2 atom stereocenters. The standard InChI is InChI=1S/C25H36/c1-10-22(23-13-11-16(4)18(6)20(23)8)25(15(2)3)24-14-12-17(5)19(7)21(24)9/h11-15,22,25H,10H2,1-9H3. The van der Waals surface area contributed by atoms with Gasteiger partial charge in [0, 0.05) is 0 Å². The Labute approximate surface area is 155 Å². The Morgan fingerprint density at radius 3 is 1.52 bits per heavy atom. The van der Waals surface area contributed by atoms with Crippen LogP contribution in [0.4, 0.5) is 0 Å². The fraction of sp³-hybridized carbons (Fsp3) is 0.520. The molecule has 0 saturated carbocycles. The minimum atomic E-state index is 0.560. The number of aryl methyl sites for hydroxylation is 2. The van der Waals surface area contributed by atoms with Gasteiger partial charge in [0.25, 0.3) is 0 Å². The highest BCUT2D eigenvalue weighted by Crippen LogP contribution is 2.44. The lowest BCUT2D eigenvalue weighted by atomic mass is 9.71. The molecule has 0 spiro atoms. The molecule has 0 fully saturated rings. The lowest BCUT2D eigenvalue weighted by Crippen LogP contribution is -2.19. The van der Waals surface area contributed by atoms with Crippen LogP contribution in [-0.4, -0.2) is 0 Å². The lowest BCUT2D eigenvalue weighted by Gasteiger charge is -2.34. The highest BCUT2D eigenvalue weighted by molar-refractivity contribution is 5.45. The Kier molecular flexibility index (Phi) is 6.14. The second-order valence-corrected chi connectivity index (χ2v) is 8.23. The molecule has 0 aliphatic carbocycles. The van der Waals surface area contributed by atoms with E-state index in [-0.39, 0.29) is 0 Å². The van der Waals surface area contributed by atoms with E-state index in [2.05, 4.69) is 86.6 Å². The van der Waals surface area contributed by atoms with E-state index in [0.29, 0.717) is 17.8 Å². The van der Waals surface area contributed by atoms with E-state index >= 15 is 0 Å². The predicted octanol–water partition coefficient (Wildman–Crippen LogP) is 7.47. The molecule has 0 bridgehead atoms. The van der Waals surface area contributed by atoms with Crippen LogP contribution < -0.4 is 0 Å². The van der Waals surface area contributed by atoms with E-state index in [1.165, 1.54) is 39.8 Å². The van der Waals surface area contributed by atoms with Crippen LogP contribution in [0.1, 0.15) is 83.5 Å². The normalized spacial score (nSPS) is 14.0. The number of rotatable bonds is 5. The van der Waals surface area contributed by atoms with Crippen molar-refractivity contribution in [2.24, 2.45) is 5.92 Å². The molecule has 0 nitrogen and oxygen atoms in total. The first kappa shape index (κ1) is 19.8. The molecule has 2 rings (SSSR count). The Morgan fingerprint density at radius 1 is 0.640 bits per heavy atom. The average Bonchev–Trinajstić information content (AvgIpc) is 2.57. The summed E-state index contributed by atoms with van der Waals surface area (Å²) in [5, 5.41) is 0. The molecule has 0 N–H and O–H groups in total. The highest BCUT2D eigenvalue weighted by atomic mass is 14.3. The molecule has 2 aromatic rings. The quantitative estimate of drug-likeness (QED) is 0.531. The maximum atomic E-state index is 2.39. The van der Waals surface area contributed by atoms with Gasteiger partial charge in [-0.1, -0.05) is 45.0 Å². The largest absolute Gasteiger partial charge is 0.0648 e. The molecule has 25 heavy (non-hydrogen) atoms. The van der Waals surface area contributed by atoms with Gasteiger partial charge in [0.2, 0.25) is 0 Å². The summed E-state index contributed by atoms with van der Waals surface area (Å²) in [7, 11) is 0. The first-order valence-corrected chi connectivity index (χ1v) is 9.84. The van der Waals surface area contributed by atoms with E-state index in [1.807, 2.05) is 0 Å². The third-order valence-corrected chi connectivity index (χ3v) is 6.55. The van der Waals surface area contributed by atoms with Gasteiger partial charge in [0.1, 0.15) is 0 Å². The fourth-order valence-corrected chi connectivity index (χ4v) is 4.42. The minimum Gasteiger partial charge on any atom is -0.0648 e. The lowest BCUT2D eigenvalue weighted by molar-refractivity contribution is 0.407. The third-order valence-electron chi connectivity index (χ3n) is 6.55. The van der Waals surface area contributed by atoms with Crippen molar-refractivity contribution in [1.29, 1.82) is 0 Å². The topological polar surface area (TPSA) is 0 Å². The van der Waals surface area contributed by atoms with E-state index in [4.69, 9.17) is 0 Å². The maximum absolute atomic E-state index is 2.39. The van der Waals surface area contributed by atoms with Crippen LogP contribution >= 0.6 is 0 Å². The summed E-state index contributed by atoms with van der Waals surface area (Å²) < 4.78 is 0. The molecule has 136 valence electrons. The van der Waals surface area contributed by atoms with Gasteiger partial charge in [0.05, 0.1) is 0 Å². The molecular weight excluding hydrogens is 300 g/mol. The average molecular weight is 337 g/mol. The van der Waals surface area contributed by atoms with Gasteiger partial charge in [0.15, 0.2) is 0 Å². The van der Waals surface area contributed by atoms with E-state index < -0.39 is 0 Å². The zero-order valence-electron chi connectivity index (χ0n) is 17.7. The van der Waals surface area contributed by atoms with Crippen molar-refractivity contribution in [3.8, 4) is 0 Å². The number of benzene rings is 2. The van der Waals surface area contributed by atoms with Crippen molar-refractivity contribution in [3.05, 3.63) is 68.8 Å². The van der Waals surface area contributed by atoms with Crippen LogP contribution in [0.3, 0.4) is 0 Å². The van der Waals surface area contributed by atoms with Crippen LogP contribution in [0.25, 0.3) is 0 Å². The van der Waals surface area contributed by atoms with Gasteiger partial charge >= 0.3 is 0 Å². The molecule has 2 aromatic carbocycles. The van der Waals surface area contributed by atoms with Crippen LogP contribution in [-0.2, 0) is 0 Å². The number of hydrogen-bond acceptors (Lipinski definition) is 0. The van der Waals surface area contributed by atoms with Gasteiger partial charge in [-0.3, -0.25) is 0 Å². The fourth-order valence-electron chi connectivity index (χ4n) is 4.42. The first-order valence-electron chi connectivity index (χ1n) is 9.84. The van der Waals surface area contributed by atoms with Crippen molar-refractivity contribution >= 4 is 0 Å². The van der Waals surface area contributed by atoms with Crippen LogP contribution in [0.2, 0.25) is 0 Å². The second-order valence-electron chi connectivity index (χ2n) is 8.23. The summed E-state index contributed by atoms with van der Waals surface area (Å²) in [6.45, 7) is 20.7. The Hall–Kier alpha value is -1.56. The van der Waals surface area contributed by atoms with Crippen molar-refractivity contribution in [1.82, 2.24) is 0 Å². The smallest absolute Gasteiger partial charge is 0.00673 e. The SMILES string of the molecule is CCC(c1ccc(C)c(C)c1C)C(c1ccc(C)c(C)c1C)C(C)C. The summed E-state index contributed by atoms with van der Waals surface area (Å²) in [5.74, 6) is 1.75. The predicted molar refractivity (Wildman–Crippen MR) is 112 cm³/mol. The molecule has 0 radical (unpaired) electrons. The third kappa shape index (κ3) is 3.68.